The normalized spacial score (nSPS) is 10.3. The number of pyridine rings is 1. The highest BCUT2D eigenvalue weighted by Crippen LogP contribution is 2.17. The highest BCUT2D eigenvalue weighted by atomic mass is 19.1. The van der Waals surface area contributed by atoms with E-state index in [9.17, 15) is 9.18 Å². The average Bonchev–Trinajstić information content (AvgIpc) is 2.63. The van der Waals surface area contributed by atoms with E-state index in [0.717, 1.165) is 11.4 Å². The molecule has 0 unspecified atom stereocenters. The fraction of sp³-hybridized carbons (Fsp3) is 0.100. The van der Waals surface area contributed by atoms with Crippen molar-refractivity contribution < 1.29 is 9.18 Å². The van der Waals surface area contributed by atoms with Crippen LogP contribution in [0.5, 0.6) is 0 Å². The molecular weight excluding hydrogens is 317 g/mol. The van der Waals surface area contributed by atoms with Gasteiger partial charge in [-0.25, -0.2) is 4.39 Å². The zero-order valence-corrected chi connectivity index (χ0v) is 13.8. The van der Waals surface area contributed by atoms with Crippen LogP contribution in [0.15, 0.2) is 66.9 Å². The SMILES string of the molecule is Cc1ccc(Nc2ccnc(C(=O)NCc3ccccc3F)c2)cc1. The fourth-order valence-corrected chi connectivity index (χ4v) is 2.34. The van der Waals surface area contributed by atoms with E-state index in [2.05, 4.69) is 15.6 Å². The van der Waals surface area contributed by atoms with Crippen LogP contribution in [-0.4, -0.2) is 10.9 Å². The predicted octanol–water partition coefficient (Wildman–Crippen LogP) is 4.20. The van der Waals surface area contributed by atoms with Crippen molar-refractivity contribution in [2.75, 3.05) is 5.32 Å². The third kappa shape index (κ3) is 4.41. The van der Waals surface area contributed by atoms with Crippen LogP contribution in [0.4, 0.5) is 15.8 Å². The Morgan fingerprint density at radius 1 is 1.04 bits per heavy atom. The van der Waals surface area contributed by atoms with Crippen LogP contribution >= 0.6 is 0 Å². The molecule has 3 rings (SSSR count). The summed E-state index contributed by atoms with van der Waals surface area (Å²) >= 11 is 0. The van der Waals surface area contributed by atoms with Gasteiger partial charge in [0.2, 0.25) is 0 Å². The first kappa shape index (κ1) is 16.6. The van der Waals surface area contributed by atoms with Gasteiger partial charge in [-0.15, -0.1) is 0 Å². The number of hydrogen-bond donors (Lipinski definition) is 2. The Hall–Kier alpha value is -3.21. The molecule has 0 saturated carbocycles. The van der Waals surface area contributed by atoms with Crippen LogP contribution in [0.1, 0.15) is 21.6 Å². The van der Waals surface area contributed by atoms with Gasteiger partial charge in [-0.3, -0.25) is 9.78 Å². The lowest BCUT2D eigenvalue weighted by atomic mass is 10.2. The molecule has 1 aromatic heterocycles. The van der Waals surface area contributed by atoms with Crippen molar-refractivity contribution >= 4 is 17.3 Å². The first-order chi connectivity index (χ1) is 12.1. The number of carbonyl (C=O) groups is 1. The van der Waals surface area contributed by atoms with Crippen LogP contribution in [0.3, 0.4) is 0 Å². The second kappa shape index (κ2) is 7.57. The van der Waals surface area contributed by atoms with Crippen LogP contribution in [0, 0.1) is 12.7 Å². The molecule has 0 spiro atoms. The molecule has 5 heteroatoms. The van der Waals surface area contributed by atoms with Crippen molar-refractivity contribution in [3.05, 3.63) is 89.5 Å². The van der Waals surface area contributed by atoms with E-state index >= 15 is 0 Å². The summed E-state index contributed by atoms with van der Waals surface area (Å²) in [6.45, 7) is 2.14. The lowest BCUT2D eigenvalue weighted by Gasteiger charge is -2.09. The molecule has 0 saturated heterocycles. The van der Waals surface area contributed by atoms with E-state index < -0.39 is 0 Å². The number of carbonyl (C=O) groups excluding carboxylic acids is 1. The van der Waals surface area contributed by atoms with Crippen molar-refractivity contribution in [3.63, 3.8) is 0 Å². The molecule has 4 nitrogen and oxygen atoms in total. The van der Waals surface area contributed by atoms with Gasteiger partial charge in [0.05, 0.1) is 0 Å². The maximum Gasteiger partial charge on any atom is 0.270 e. The smallest absolute Gasteiger partial charge is 0.270 e. The first-order valence-corrected chi connectivity index (χ1v) is 7.93. The molecular formula is C20H18FN3O. The second-order valence-corrected chi connectivity index (χ2v) is 5.69. The molecule has 0 fully saturated rings. The van der Waals surface area contributed by atoms with Gasteiger partial charge in [0.25, 0.3) is 5.91 Å². The molecule has 0 aliphatic carbocycles. The predicted molar refractivity (Wildman–Crippen MR) is 96.3 cm³/mol. The van der Waals surface area contributed by atoms with E-state index in [1.165, 1.54) is 11.6 Å². The summed E-state index contributed by atoms with van der Waals surface area (Å²) in [5.74, 6) is -0.693. The van der Waals surface area contributed by atoms with Crippen molar-refractivity contribution in [1.82, 2.24) is 10.3 Å². The topological polar surface area (TPSA) is 54.0 Å². The summed E-state index contributed by atoms with van der Waals surface area (Å²) in [5.41, 5.74) is 3.57. The van der Waals surface area contributed by atoms with Gasteiger partial charge in [-0.05, 0) is 37.3 Å². The van der Waals surface area contributed by atoms with E-state index in [1.54, 1.807) is 36.5 Å². The molecule has 0 bridgehead atoms. The number of benzene rings is 2. The Balaban J connectivity index is 1.67. The van der Waals surface area contributed by atoms with Gasteiger partial charge in [-0.1, -0.05) is 35.9 Å². The number of hydrogen-bond acceptors (Lipinski definition) is 3. The van der Waals surface area contributed by atoms with Crippen LogP contribution in [0.25, 0.3) is 0 Å². The minimum absolute atomic E-state index is 0.114. The molecule has 2 N–H and O–H groups in total. The molecule has 0 aliphatic heterocycles. The van der Waals surface area contributed by atoms with Crippen molar-refractivity contribution in [3.8, 4) is 0 Å². The molecule has 0 aliphatic rings. The van der Waals surface area contributed by atoms with Gasteiger partial charge in [0.15, 0.2) is 0 Å². The average molecular weight is 335 g/mol. The molecule has 126 valence electrons. The minimum atomic E-state index is -0.351. The monoisotopic (exact) mass is 335 g/mol. The number of nitrogens with zero attached hydrogens (tertiary/aromatic N) is 1. The van der Waals surface area contributed by atoms with Crippen LogP contribution < -0.4 is 10.6 Å². The Morgan fingerprint density at radius 3 is 2.56 bits per heavy atom. The van der Waals surface area contributed by atoms with Crippen molar-refractivity contribution in [1.29, 1.82) is 0 Å². The number of amides is 1. The summed E-state index contributed by atoms with van der Waals surface area (Å²) in [6.07, 6.45) is 1.56. The van der Waals surface area contributed by atoms with Gasteiger partial charge in [0, 0.05) is 29.7 Å². The van der Waals surface area contributed by atoms with Crippen molar-refractivity contribution in [2.45, 2.75) is 13.5 Å². The third-order valence-electron chi connectivity index (χ3n) is 3.73. The van der Waals surface area contributed by atoms with E-state index in [0.29, 0.717) is 5.56 Å². The zero-order valence-electron chi connectivity index (χ0n) is 13.8. The number of nitrogens with one attached hydrogen (secondary N) is 2. The lowest BCUT2D eigenvalue weighted by molar-refractivity contribution is 0.0945. The standard InChI is InChI=1S/C20H18FN3O/c1-14-6-8-16(9-7-14)24-17-10-11-22-19(12-17)20(25)23-13-15-4-2-3-5-18(15)21/h2-12H,13H2,1H3,(H,22,24)(H,23,25). The zero-order chi connectivity index (χ0) is 17.6. The first-order valence-electron chi connectivity index (χ1n) is 7.93. The third-order valence-corrected chi connectivity index (χ3v) is 3.73. The number of aromatic nitrogens is 1. The number of aryl methyl sites for hydroxylation is 1. The highest BCUT2D eigenvalue weighted by Gasteiger charge is 2.09. The number of anilines is 2. The summed E-state index contributed by atoms with van der Waals surface area (Å²) < 4.78 is 13.6. The maximum absolute atomic E-state index is 13.6. The Morgan fingerprint density at radius 2 is 1.80 bits per heavy atom. The van der Waals surface area contributed by atoms with E-state index in [1.807, 2.05) is 31.2 Å². The Bertz CT molecular complexity index is 878. The van der Waals surface area contributed by atoms with Crippen LogP contribution in [-0.2, 0) is 6.54 Å². The molecule has 2 aromatic carbocycles. The molecule has 0 radical (unpaired) electrons. The van der Waals surface area contributed by atoms with Gasteiger partial charge in [-0.2, -0.15) is 0 Å². The highest BCUT2D eigenvalue weighted by molar-refractivity contribution is 5.93. The summed E-state index contributed by atoms with van der Waals surface area (Å²) in [5, 5.41) is 5.91. The van der Waals surface area contributed by atoms with Gasteiger partial charge in [0.1, 0.15) is 11.5 Å². The number of halogens is 1. The summed E-state index contributed by atoms with van der Waals surface area (Å²) in [7, 11) is 0. The summed E-state index contributed by atoms with van der Waals surface area (Å²) in [6, 6.07) is 17.7. The second-order valence-electron chi connectivity index (χ2n) is 5.69. The van der Waals surface area contributed by atoms with Crippen molar-refractivity contribution in [2.24, 2.45) is 0 Å². The quantitative estimate of drug-likeness (QED) is 0.735. The maximum atomic E-state index is 13.6. The van der Waals surface area contributed by atoms with E-state index in [-0.39, 0.29) is 24.0 Å². The molecule has 25 heavy (non-hydrogen) atoms. The molecule has 1 heterocycles. The fourth-order valence-electron chi connectivity index (χ4n) is 2.34. The lowest BCUT2D eigenvalue weighted by Crippen LogP contribution is -2.24. The minimum Gasteiger partial charge on any atom is -0.355 e. The van der Waals surface area contributed by atoms with Crippen LogP contribution in [0.2, 0.25) is 0 Å². The van der Waals surface area contributed by atoms with Gasteiger partial charge < -0.3 is 10.6 Å². The number of rotatable bonds is 5. The summed E-state index contributed by atoms with van der Waals surface area (Å²) in [4.78, 5) is 16.3. The Kier molecular flexibility index (Phi) is 5.04. The van der Waals surface area contributed by atoms with Gasteiger partial charge >= 0.3 is 0 Å². The Labute approximate surface area is 145 Å². The van der Waals surface area contributed by atoms with E-state index in [4.69, 9.17) is 0 Å². The molecule has 0 atom stereocenters. The molecule has 3 aromatic rings. The molecule has 1 amide bonds. The largest absolute Gasteiger partial charge is 0.355 e.